The number of piperidine rings is 1. The molecule has 4 rings (SSSR count). The predicted molar refractivity (Wildman–Crippen MR) is 96.0 cm³/mol. The van der Waals surface area contributed by atoms with Crippen LogP contribution in [-0.2, 0) is 13.1 Å². The molecule has 1 aromatic carbocycles. The highest BCUT2D eigenvalue weighted by Gasteiger charge is 2.15. The average Bonchev–Trinajstić information content (AvgIpc) is 3.11. The number of anilines is 1. The molecule has 130 valence electrons. The highest BCUT2D eigenvalue weighted by atomic mass is 15.6. The lowest BCUT2D eigenvalue weighted by Gasteiger charge is -2.30. The summed E-state index contributed by atoms with van der Waals surface area (Å²) in [6.45, 7) is 6.57. The first kappa shape index (κ1) is 16.0. The molecule has 1 fully saturated rings. The Morgan fingerprint density at radius 3 is 2.60 bits per heavy atom. The Balaban J connectivity index is 1.32. The summed E-state index contributed by atoms with van der Waals surface area (Å²) in [5.74, 6) is 1.64. The number of nitrogens with one attached hydrogen (secondary N) is 1. The maximum Gasteiger partial charge on any atom is 0.200 e. The molecule has 0 radical (unpaired) electrons. The summed E-state index contributed by atoms with van der Waals surface area (Å²) in [6, 6.07) is 12.6. The van der Waals surface area contributed by atoms with Crippen LogP contribution in [-0.4, -0.2) is 43.2 Å². The van der Waals surface area contributed by atoms with Crippen LogP contribution in [0.2, 0.25) is 0 Å². The van der Waals surface area contributed by atoms with Gasteiger partial charge in [0.15, 0.2) is 5.65 Å². The van der Waals surface area contributed by atoms with Crippen molar-refractivity contribution in [3.05, 3.63) is 47.5 Å². The van der Waals surface area contributed by atoms with Gasteiger partial charge in [-0.2, -0.15) is 0 Å². The molecule has 25 heavy (non-hydrogen) atoms. The second-order valence-electron chi connectivity index (χ2n) is 6.87. The highest BCUT2D eigenvalue weighted by molar-refractivity contribution is 5.42. The predicted octanol–water partition coefficient (Wildman–Crippen LogP) is 2.36. The molecule has 1 aliphatic heterocycles. The summed E-state index contributed by atoms with van der Waals surface area (Å²) in [5.41, 5.74) is 3.25. The van der Waals surface area contributed by atoms with E-state index in [9.17, 15) is 0 Å². The number of benzene rings is 1. The molecule has 7 heteroatoms. The van der Waals surface area contributed by atoms with Crippen LogP contribution in [0.1, 0.15) is 30.9 Å². The lowest BCUT2D eigenvalue weighted by atomic mass is 9.99. The van der Waals surface area contributed by atoms with Gasteiger partial charge in [0.05, 0.1) is 0 Å². The van der Waals surface area contributed by atoms with E-state index in [0.29, 0.717) is 5.65 Å². The van der Waals surface area contributed by atoms with Crippen LogP contribution in [0.25, 0.3) is 5.65 Å². The third-order valence-electron chi connectivity index (χ3n) is 4.85. The summed E-state index contributed by atoms with van der Waals surface area (Å²) < 4.78 is 1.42. The van der Waals surface area contributed by atoms with E-state index in [4.69, 9.17) is 0 Å². The number of likely N-dealkylation sites (tertiary alicyclic amines) is 1. The van der Waals surface area contributed by atoms with E-state index in [-0.39, 0.29) is 0 Å². The molecule has 0 bridgehead atoms. The molecule has 1 saturated heterocycles. The van der Waals surface area contributed by atoms with Crippen molar-refractivity contribution in [2.24, 2.45) is 5.92 Å². The first-order valence-corrected chi connectivity index (χ1v) is 8.86. The van der Waals surface area contributed by atoms with Gasteiger partial charge < -0.3 is 5.32 Å². The Labute approximate surface area is 147 Å². The van der Waals surface area contributed by atoms with Crippen LogP contribution in [0.5, 0.6) is 0 Å². The van der Waals surface area contributed by atoms with Crippen molar-refractivity contribution in [2.45, 2.75) is 32.9 Å². The first-order chi connectivity index (χ1) is 12.3. The van der Waals surface area contributed by atoms with Gasteiger partial charge >= 0.3 is 0 Å². The molecule has 0 spiro atoms. The second kappa shape index (κ2) is 7.14. The fraction of sp³-hybridized carbons (Fsp3) is 0.444. The Morgan fingerprint density at radius 2 is 1.80 bits per heavy atom. The summed E-state index contributed by atoms with van der Waals surface area (Å²) in [5, 5.41) is 18.9. The highest BCUT2D eigenvalue weighted by Crippen LogP contribution is 2.18. The van der Waals surface area contributed by atoms with E-state index in [2.05, 4.69) is 62.0 Å². The largest absolute Gasteiger partial charge is 0.365 e. The number of hydrogen-bond acceptors (Lipinski definition) is 6. The lowest BCUT2D eigenvalue weighted by molar-refractivity contribution is 0.185. The fourth-order valence-electron chi connectivity index (χ4n) is 3.18. The monoisotopic (exact) mass is 337 g/mol. The van der Waals surface area contributed by atoms with Gasteiger partial charge in [0, 0.05) is 13.1 Å². The molecule has 0 atom stereocenters. The average molecular weight is 337 g/mol. The van der Waals surface area contributed by atoms with Gasteiger partial charge in [0.2, 0.25) is 0 Å². The smallest absolute Gasteiger partial charge is 0.200 e. The standard InChI is InChI=1S/C18H23N7/c1-14-8-10-24(11-9-14)13-16-4-2-15(3-5-16)12-19-17-6-7-18-20-22-23-25(18)21-17/h2-7,14H,8-13H2,1H3,(H,19,21). The minimum Gasteiger partial charge on any atom is -0.365 e. The molecule has 2 aromatic heterocycles. The lowest BCUT2D eigenvalue weighted by Crippen LogP contribution is -2.32. The quantitative estimate of drug-likeness (QED) is 0.771. The summed E-state index contributed by atoms with van der Waals surface area (Å²) >= 11 is 0. The van der Waals surface area contributed by atoms with Crippen LogP contribution in [0.3, 0.4) is 0 Å². The number of fused-ring (bicyclic) bond motifs is 1. The van der Waals surface area contributed by atoms with E-state index in [1.807, 2.05) is 12.1 Å². The van der Waals surface area contributed by atoms with Gasteiger partial charge in [-0.1, -0.05) is 31.2 Å². The van der Waals surface area contributed by atoms with Crippen molar-refractivity contribution in [3.63, 3.8) is 0 Å². The van der Waals surface area contributed by atoms with E-state index in [0.717, 1.165) is 24.8 Å². The third-order valence-corrected chi connectivity index (χ3v) is 4.85. The Morgan fingerprint density at radius 1 is 1.04 bits per heavy atom. The molecule has 1 aliphatic rings. The first-order valence-electron chi connectivity index (χ1n) is 8.86. The molecule has 0 saturated carbocycles. The van der Waals surface area contributed by atoms with E-state index in [1.54, 1.807) is 0 Å². The van der Waals surface area contributed by atoms with Crippen LogP contribution in [0.15, 0.2) is 36.4 Å². The molecule has 0 aliphatic carbocycles. The fourth-order valence-corrected chi connectivity index (χ4v) is 3.18. The van der Waals surface area contributed by atoms with E-state index < -0.39 is 0 Å². The van der Waals surface area contributed by atoms with Crippen LogP contribution in [0, 0.1) is 5.92 Å². The SMILES string of the molecule is CC1CCN(Cc2ccc(CNc3ccc4nnnn4n3)cc2)CC1. The Hall–Kier alpha value is -2.54. The van der Waals surface area contributed by atoms with Crippen molar-refractivity contribution in [1.82, 2.24) is 30.2 Å². The van der Waals surface area contributed by atoms with Crippen molar-refractivity contribution >= 4 is 11.5 Å². The summed E-state index contributed by atoms with van der Waals surface area (Å²) in [7, 11) is 0. The van der Waals surface area contributed by atoms with Gasteiger partial charge in [0.25, 0.3) is 0 Å². The van der Waals surface area contributed by atoms with Crippen molar-refractivity contribution in [1.29, 1.82) is 0 Å². The topological polar surface area (TPSA) is 71.2 Å². The molecule has 3 aromatic rings. The van der Waals surface area contributed by atoms with Crippen molar-refractivity contribution in [3.8, 4) is 0 Å². The summed E-state index contributed by atoms with van der Waals surface area (Å²) in [4.78, 5) is 2.55. The zero-order valence-electron chi connectivity index (χ0n) is 14.5. The Kier molecular flexibility index (Phi) is 4.56. The summed E-state index contributed by atoms with van der Waals surface area (Å²) in [6.07, 6.45) is 2.64. The van der Waals surface area contributed by atoms with E-state index in [1.165, 1.54) is 41.7 Å². The van der Waals surface area contributed by atoms with Gasteiger partial charge in [0.1, 0.15) is 5.82 Å². The molecule has 3 heterocycles. The van der Waals surface area contributed by atoms with Crippen molar-refractivity contribution in [2.75, 3.05) is 18.4 Å². The maximum atomic E-state index is 4.31. The van der Waals surface area contributed by atoms with Gasteiger partial charge in [-0.15, -0.1) is 14.8 Å². The normalized spacial score (nSPS) is 16.4. The third kappa shape index (κ3) is 3.93. The van der Waals surface area contributed by atoms with Crippen molar-refractivity contribution < 1.29 is 0 Å². The second-order valence-corrected chi connectivity index (χ2v) is 6.87. The number of tetrazole rings is 1. The zero-order valence-corrected chi connectivity index (χ0v) is 14.5. The minimum absolute atomic E-state index is 0.641. The number of hydrogen-bond donors (Lipinski definition) is 1. The molecular weight excluding hydrogens is 314 g/mol. The zero-order chi connectivity index (χ0) is 17.1. The van der Waals surface area contributed by atoms with Gasteiger partial charge in [-0.25, -0.2) is 0 Å². The van der Waals surface area contributed by atoms with Crippen LogP contribution < -0.4 is 5.32 Å². The van der Waals surface area contributed by atoms with Crippen LogP contribution >= 0.6 is 0 Å². The Bertz CT molecular complexity index is 819. The van der Waals surface area contributed by atoms with Gasteiger partial charge in [-0.05, 0) is 65.5 Å². The molecular formula is C18H23N7. The van der Waals surface area contributed by atoms with Crippen LogP contribution in [0.4, 0.5) is 5.82 Å². The number of nitrogens with zero attached hydrogens (tertiary/aromatic N) is 6. The molecule has 1 N–H and O–H groups in total. The number of aromatic nitrogens is 5. The molecule has 0 amide bonds. The van der Waals surface area contributed by atoms with Gasteiger partial charge in [-0.3, -0.25) is 4.90 Å². The maximum absolute atomic E-state index is 4.31. The molecule has 0 unspecified atom stereocenters. The minimum atomic E-state index is 0.641. The van der Waals surface area contributed by atoms with E-state index >= 15 is 0 Å². The molecule has 7 nitrogen and oxygen atoms in total. The number of rotatable bonds is 5.